The number of carbonyl (C=O) groups is 1. The van der Waals surface area contributed by atoms with Crippen LogP contribution in [0.3, 0.4) is 0 Å². The summed E-state index contributed by atoms with van der Waals surface area (Å²) in [5, 5.41) is 2.98. The molecule has 0 radical (unpaired) electrons. The summed E-state index contributed by atoms with van der Waals surface area (Å²) in [6.45, 7) is 1.74. The lowest BCUT2D eigenvalue weighted by Gasteiger charge is -2.48. The van der Waals surface area contributed by atoms with Crippen molar-refractivity contribution < 1.29 is 17.6 Å². The predicted molar refractivity (Wildman–Crippen MR) is 116 cm³/mol. The maximum absolute atomic E-state index is 14.6. The minimum Gasteiger partial charge on any atom is -0.351 e. The number of aryl methyl sites for hydroxylation is 2. The van der Waals surface area contributed by atoms with Crippen LogP contribution in [0.2, 0.25) is 5.02 Å². The van der Waals surface area contributed by atoms with Crippen molar-refractivity contribution in [3.8, 4) is 0 Å². The van der Waals surface area contributed by atoms with Crippen molar-refractivity contribution in [2.45, 2.75) is 17.4 Å². The highest BCUT2D eigenvalue weighted by Gasteiger charge is 2.52. The third kappa shape index (κ3) is 4.01. The second-order valence-corrected chi connectivity index (χ2v) is 10.2. The second kappa shape index (κ2) is 8.27. The van der Waals surface area contributed by atoms with Crippen molar-refractivity contribution in [1.82, 2.24) is 24.2 Å². The minimum absolute atomic E-state index is 0.0157. The van der Waals surface area contributed by atoms with E-state index in [0.29, 0.717) is 5.02 Å². The fourth-order valence-electron chi connectivity index (χ4n) is 3.72. The third-order valence-corrected chi connectivity index (χ3v) is 7.45. The lowest BCUT2D eigenvalue weighted by Crippen LogP contribution is -2.65. The Labute approximate surface area is 190 Å². The molecule has 1 amide bonds. The first-order valence-electron chi connectivity index (χ1n) is 9.76. The maximum atomic E-state index is 14.6. The number of carbonyl (C=O) groups excluding carboxylic acids is 1. The first kappa shape index (κ1) is 22.4. The van der Waals surface area contributed by atoms with Gasteiger partial charge in [0.2, 0.25) is 0 Å². The monoisotopic (exact) mass is 477 g/mol. The molecule has 1 aliphatic rings. The summed E-state index contributed by atoms with van der Waals surface area (Å²) in [5.41, 5.74) is 0.266. The van der Waals surface area contributed by atoms with E-state index in [1.54, 1.807) is 25.2 Å². The number of nitrogens with one attached hydrogen (secondary N) is 1. The smallest absolute Gasteiger partial charge is 0.262 e. The minimum atomic E-state index is -3.86. The highest BCUT2D eigenvalue weighted by atomic mass is 35.5. The van der Waals surface area contributed by atoms with Crippen LogP contribution in [0.1, 0.15) is 21.6 Å². The summed E-state index contributed by atoms with van der Waals surface area (Å²) in [6, 6.07) is 7.77. The highest BCUT2D eigenvalue weighted by molar-refractivity contribution is 7.89. The third-order valence-electron chi connectivity index (χ3n) is 5.46. The molecule has 0 atom stereocenters. The zero-order chi connectivity index (χ0) is 23.1. The molecular weight excluding hydrogens is 457 g/mol. The van der Waals surface area contributed by atoms with Gasteiger partial charge in [-0.3, -0.25) is 9.78 Å². The Balaban J connectivity index is 1.59. The van der Waals surface area contributed by atoms with Gasteiger partial charge in [0.15, 0.2) is 5.03 Å². The molecular formula is C21H21ClFN5O3S. The average molecular weight is 478 g/mol. The molecule has 2 aromatic heterocycles. The normalized spacial score (nSPS) is 15.9. The number of aromatic nitrogens is 3. The largest absolute Gasteiger partial charge is 0.351 e. The van der Waals surface area contributed by atoms with Crippen molar-refractivity contribution in [3.05, 3.63) is 76.7 Å². The number of hydrogen-bond acceptors (Lipinski definition) is 5. The van der Waals surface area contributed by atoms with E-state index >= 15 is 0 Å². The van der Waals surface area contributed by atoms with Crippen LogP contribution < -0.4 is 5.32 Å². The van der Waals surface area contributed by atoms with E-state index in [1.807, 2.05) is 6.92 Å². The Morgan fingerprint density at radius 1 is 1.28 bits per heavy atom. The molecule has 1 N–H and O–H groups in total. The molecule has 168 valence electrons. The number of rotatable bonds is 6. The number of amides is 1. The SMILES string of the molecule is Cc1ccc(C(=O)NCC2(c3ncccc3F)CN(S(=O)(=O)c3cn(C)cn3)C2)c(Cl)c1. The van der Waals surface area contributed by atoms with Crippen LogP contribution in [0.5, 0.6) is 0 Å². The molecule has 1 aliphatic heterocycles. The Kier molecular flexibility index (Phi) is 5.78. The lowest BCUT2D eigenvalue weighted by molar-refractivity contribution is 0.0895. The molecule has 11 heteroatoms. The van der Waals surface area contributed by atoms with Crippen molar-refractivity contribution in [2.24, 2.45) is 7.05 Å². The first-order chi connectivity index (χ1) is 15.1. The zero-order valence-electron chi connectivity index (χ0n) is 17.4. The first-order valence-corrected chi connectivity index (χ1v) is 11.6. The van der Waals surface area contributed by atoms with Crippen LogP contribution in [-0.4, -0.2) is 52.8 Å². The van der Waals surface area contributed by atoms with E-state index in [4.69, 9.17) is 11.6 Å². The predicted octanol–water partition coefficient (Wildman–Crippen LogP) is 2.29. The lowest BCUT2D eigenvalue weighted by atomic mass is 9.77. The molecule has 1 aromatic carbocycles. The molecule has 8 nitrogen and oxygen atoms in total. The van der Waals surface area contributed by atoms with Crippen LogP contribution in [0.4, 0.5) is 4.39 Å². The van der Waals surface area contributed by atoms with Gasteiger partial charge in [-0.15, -0.1) is 0 Å². The van der Waals surface area contributed by atoms with Crippen LogP contribution in [0.25, 0.3) is 0 Å². The fraction of sp³-hybridized carbons (Fsp3) is 0.286. The average Bonchev–Trinajstić information content (AvgIpc) is 3.15. The number of hydrogen-bond donors (Lipinski definition) is 1. The molecule has 0 aliphatic carbocycles. The number of halogens is 2. The van der Waals surface area contributed by atoms with Crippen LogP contribution in [0, 0.1) is 12.7 Å². The summed E-state index contributed by atoms with van der Waals surface area (Å²) in [4.78, 5) is 20.8. The highest BCUT2D eigenvalue weighted by Crippen LogP contribution is 2.37. The Hall–Kier alpha value is -2.82. The molecule has 4 rings (SSSR count). The van der Waals surface area contributed by atoms with E-state index < -0.39 is 27.2 Å². The van der Waals surface area contributed by atoms with Crippen molar-refractivity contribution in [1.29, 1.82) is 0 Å². The van der Waals surface area contributed by atoms with Gasteiger partial charge >= 0.3 is 0 Å². The fourth-order valence-corrected chi connectivity index (χ4v) is 5.62. The van der Waals surface area contributed by atoms with Gasteiger partial charge in [-0.1, -0.05) is 17.7 Å². The van der Waals surface area contributed by atoms with E-state index in [9.17, 15) is 17.6 Å². The van der Waals surface area contributed by atoms with Gasteiger partial charge in [0.05, 0.1) is 28.0 Å². The standard InChI is InChI=1S/C21H21ClFN5O3S/c1-14-5-6-15(16(22)8-14)20(29)25-10-21(19-17(23)4-3-7-24-19)11-28(12-21)32(30,31)18-9-27(2)13-26-18/h3-9,13H,10-12H2,1-2H3,(H,25,29). The van der Waals surface area contributed by atoms with E-state index in [1.165, 1.54) is 39.7 Å². The molecule has 0 spiro atoms. The summed E-state index contributed by atoms with van der Waals surface area (Å²) in [6.07, 6.45) is 4.23. The molecule has 32 heavy (non-hydrogen) atoms. The molecule has 1 saturated heterocycles. The summed E-state index contributed by atoms with van der Waals surface area (Å²) in [5.74, 6) is -0.998. The van der Waals surface area contributed by atoms with Gasteiger partial charge in [-0.25, -0.2) is 17.8 Å². The van der Waals surface area contributed by atoms with E-state index in [-0.39, 0.29) is 35.9 Å². The zero-order valence-corrected chi connectivity index (χ0v) is 19.0. The van der Waals surface area contributed by atoms with Crippen LogP contribution in [0.15, 0.2) is 54.1 Å². The topological polar surface area (TPSA) is 97.2 Å². The van der Waals surface area contributed by atoms with Crippen LogP contribution in [-0.2, 0) is 22.5 Å². The number of pyridine rings is 1. The van der Waals surface area contributed by atoms with Gasteiger partial charge in [0.1, 0.15) is 5.82 Å². The van der Waals surface area contributed by atoms with Gasteiger partial charge in [-0.2, -0.15) is 4.31 Å². The van der Waals surface area contributed by atoms with Crippen LogP contribution >= 0.6 is 11.6 Å². The Morgan fingerprint density at radius 3 is 2.66 bits per heavy atom. The quantitative estimate of drug-likeness (QED) is 0.587. The number of benzene rings is 1. The second-order valence-electron chi connectivity index (χ2n) is 7.93. The summed E-state index contributed by atoms with van der Waals surface area (Å²) in [7, 11) is -2.19. The van der Waals surface area contributed by atoms with Gasteiger partial charge in [0.25, 0.3) is 15.9 Å². The van der Waals surface area contributed by atoms with E-state index in [2.05, 4.69) is 15.3 Å². The van der Waals surface area contributed by atoms with Gasteiger partial charge in [0, 0.05) is 39.1 Å². The summed E-state index contributed by atoms with van der Waals surface area (Å²) < 4.78 is 43.2. The molecule has 0 saturated carbocycles. The summed E-state index contributed by atoms with van der Waals surface area (Å²) >= 11 is 6.19. The van der Waals surface area contributed by atoms with Crippen molar-refractivity contribution in [3.63, 3.8) is 0 Å². The molecule has 3 aromatic rings. The van der Waals surface area contributed by atoms with Crippen molar-refractivity contribution in [2.75, 3.05) is 19.6 Å². The number of nitrogens with zero attached hydrogens (tertiary/aromatic N) is 4. The number of sulfonamides is 1. The number of imidazole rings is 1. The molecule has 3 heterocycles. The molecule has 0 unspecified atom stereocenters. The van der Waals surface area contributed by atoms with Gasteiger partial charge < -0.3 is 9.88 Å². The van der Waals surface area contributed by atoms with E-state index in [0.717, 1.165) is 5.56 Å². The molecule has 1 fully saturated rings. The maximum Gasteiger partial charge on any atom is 0.262 e. The van der Waals surface area contributed by atoms with Gasteiger partial charge in [-0.05, 0) is 36.8 Å². The Morgan fingerprint density at radius 2 is 2.03 bits per heavy atom. The Bertz CT molecular complexity index is 1290. The molecule has 0 bridgehead atoms. The van der Waals surface area contributed by atoms with Crippen molar-refractivity contribution >= 4 is 27.5 Å².